The number of hydrogen-bond acceptors (Lipinski definition) is 7. The molecule has 3 heterocycles. The SMILES string of the molecule is CN1C(=O)[C@@H](NC(=O)n2cc(Cc3cccc(F)c3)cn2)COc2ccc(OCCC3(O)CCNCC3)cc21. The van der Waals surface area contributed by atoms with Crippen LogP contribution in [0.4, 0.5) is 14.9 Å². The Hall–Kier alpha value is -3.96. The average Bonchev–Trinajstić information content (AvgIpc) is 3.35. The number of halogens is 1. The first kappa shape index (κ1) is 26.6. The maximum absolute atomic E-state index is 13.5. The monoisotopic (exact) mass is 537 g/mol. The van der Waals surface area contributed by atoms with Crippen molar-refractivity contribution in [1.82, 2.24) is 20.4 Å². The lowest BCUT2D eigenvalue weighted by Crippen LogP contribution is -2.50. The second-order valence-electron chi connectivity index (χ2n) is 10.0. The van der Waals surface area contributed by atoms with Crippen molar-refractivity contribution in [2.75, 3.05) is 38.3 Å². The lowest BCUT2D eigenvalue weighted by molar-refractivity contribution is -0.120. The molecule has 0 aliphatic carbocycles. The number of nitrogens with one attached hydrogen (secondary N) is 2. The third-order valence-corrected chi connectivity index (χ3v) is 7.14. The van der Waals surface area contributed by atoms with Crippen molar-refractivity contribution in [3.63, 3.8) is 0 Å². The zero-order valence-corrected chi connectivity index (χ0v) is 21.7. The number of benzene rings is 2. The van der Waals surface area contributed by atoms with E-state index in [0.717, 1.165) is 28.9 Å². The van der Waals surface area contributed by atoms with E-state index in [1.807, 2.05) is 0 Å². The Balaban J connectivity index is 1.19. The van der Waals surface area contributed by atoms with Crippen molar-refractivity contribution in [2.24, 2.45) is 0 Å². The molecule has 3 aromatic rings. The summed E-state index contributed by atoms with van der Waals surface area (Å²) in [4.78, 5) is 27.5. The minimum absolute atomic E-state index is 0.0550. The summed E-state index contributed by atoms with van der Waals surface area (Å²) < 4.78 is 26.3. The maximum Gasteiger partial charge on any atom is 0.342 e. The summed E-state index contributed by atoms with van der Waals surface area (Å²) in [5.74, 6) is 0.363. The van der Waals surface area contributed by atoms with Crippen LogP contribution >= 0.6 is 0 Å². The largest absolute Gasteiger partial charge is 0.493 e. The molecule has 206 valence electrons. The van der Waals surface area contributed by atoms with Crippen LogP contribution in [0.25, 0.3) is 0 Å². The van der Waals surface area contributed by atoms with Crippen LogP contribution in [-0.4, -0.2) is 71.8 Å². The molecule has 5 rings (SSSR count). The summed E-state index contributed by atoms with van der Waals surface area (Å²) in [5.41, 5.74) is 1.27. The van der Waals surface area contributed by atoms with Crippen molar-refractivity contribution < 1.29 is 28.6 Å². The van der Waals surface area contributed by atoms with Gasteiger partial charge in [-0.3, -0.25) is 4.79 Å². The number of ether oxygens (including phenoxy) is 2. The topological polar surface area (TPSA) is 118 Å². The molecule has 0 bridgehead atoms. The van der Waals surface area contributed by atoms with Gasteiger partial charge in [-0.1, -0.05) is 12.1 Å². The molecule has 39 heavy (non-hydrogen) atoms. The number of likely N-dealkylation sites (N-methyl/N-ethyl adjacent to an activating group) is 1. The van der Waals surface area contributed by atoms with Crippen LogP contribution in [0.15, 0.2) is 54.9 Å². The first-order valence-electron chi connectivity index (χ1n) is 13.0. The Kier molecular flexibility index (Phi) is 7.80. The number of amides is 2. The molecule has 3 N–H and O–H groups in total. The third-order valence-electron chi connectivity index (χ3n) is 7.14. The van der Waals surface area contributed by atoms with E-state index in [1.165, 1.54) is 23.2 Å². The van der Waals surface area contributed by atoms with Crippen molar-refractivity contribution >= 4 is 17.6 Å². The number of carbonyl (C=O) groups is 2. The molecule has 11 heteroatoms. The van der Waals surface area contributed by atoms with Crippen LogP contribution in [0.1, 0.15) is 30.4 Å². The first-order valence-corrected chi connectivity index (χ1v) is 13.0. The number of nitrogens with zero attached hydrogens (tertiary/aromatic N) is 3. The zero-order valence-electron chi connectivity index (χ0n) is 21.7. The molecule has 2 aromatic carbocycles. The summed E-state index contributed by atoms with van der Waals surface area (Å²) in [6.07, 6.45) is 5.38. The summed E-state index contributed by atoms with van der Waals surface area (Å²) in [7, 11) is 1.61. The summed E-state index contributed by atoms with van der Waals surface area (Å²) in [6.45, 7) is 1.86. The van der Waals surface area contributed by atoms with Crippen LogP contribution in [0.2, 0.25) is 0 Å². The van der Waals surface area contributed by atoms with Gasteiger partial charge in [-0.05, 0) is 61.3 Å². The fourth-order valence-electron chi connectivity index (χ4n) is 4.83. The molecule has 1 fully saturated rings. The summed E-state index contributed by atoms with van der Waals surface area (Å²) in [5, 5.41) is 20.7. The van der Waals surface area contributed by atoms with Crippen molar-refractivity contribution in [2.45, 2.75) is 37.3 Å². The van der Waals surface area contributed by atoms with E-state index in [2.05, 4.69) is 15.7 Å². The van der Waals surface area contributed by atoms with Gasteiger partial charge < -0.3 is 30.1 Å². The fourth-order valence-corrected chi connectivity index (χ4v) is 4.83. The molecule has 2 aliphatic rings. The van der Waals surface area contributed by atoms with E-state index in [1.54, 1.807) is 43.6 Å². The minimum Gasteiger partial charge on any atom is -0.493 e. The predicted octanol–water partition coefficient (Wildman–Crippen LogP) is 2.48. The lowest BCUT2D eigenvalue weighted by atomic mass is 9.89. The number of anilines is 1. The Morgan fingerprint density at radius 2 is 2.08 bits per heavy atom. The standard InChI is InChI=1S/C28H32FN5O5/c1-33-24-15-22(38-12-9-28(37)7-10-30-11-8-28)5-6-25(24)39-18-23(26(33)35)32-27(36)34-17-20(16-31-34)13-19-3-2-4-21(29)14-19/h2-6,14-17,23,30,37H,7-13,18H2,1H3,(H,32,36)/t23-/m0/s1. The second-order valence-corrected chi connectivity index (χ2v) is 10.0. The Labute approximate surface area is 225 Å². The lowest BCUT2D eigenvalue weighted by Gasteiger charge is -2.32. The highest BCUT2D eigenvalue weighted by molar-refractivity contribution is 6.00. The summed E-state index contributed by atoms with van der Waals surface area (Å²) in [6, 6.07) is 9.90. The molecule has 0 saturated carbocycles. The second kappa shape index (κ2) is 11.4. The zero-order chi connectivity index (χ0) is 27.4. The maximum atomic E-state index is 13.5. The van der Waals surface area contributed by atoms with Crippen molar-refractivity contribution in [1.29, 1.82) is 0 Å². The molecule has 2 aliphatic heterocycles. The number of hydrogen-bond donors (Lipinski definition) is 3. The summed E-state index contributed by atoms with van der Waals surface area (Å²) >= 11 is 0. The molecular formula is C28H32FN5O5. The number of carbonyl (C=O) groups excluding carboxylic acids is 2. The molecule has 1 atom stereocenters. The van der Waals surface area contributed by atoms with Gasteiger partial charge in [-0.2, -0.15) is 9.78 Å². The normalized spacial score (nSPS) is 18.6. The third kappa shape index (κ3) is 6.37. The van der Waals surface area contributed by atoms with Crippen molar-refractivity contribution in [3.8, 4) is 11.5 Å². The van der Waals surface area contributed by atoms with E-state index in [-0.39, 0.29) is 18.3 Å². The van der Waals surface area contributed by atoms with Gasteiger partial charge in [0.2, 0.25) is 0 Å². The van der Waals surface area contributed by atoms with E-state index >= 15 is 0 Å². The smallest absolute Gasteiger partial charge is 0.342 e. The quantitative estimate of drug-likeness (QED) is 0.424. The first-order chi connectivity index (χ1) is 18.8. The van der Waals surface area contributed by atoms with Crippen LogP contribution in [0.5, 0.6) is 11.5 Å². The number of aromatic nitrogens is 2. The number of rotatable bonds is 7. The van der Waals surface area contributed by atoms with E-state index in [0.29, 0.717) is 49.5 Å². The van der Waals surface area contributed by atoms with Crippen LogP contribution < -0.4 is 25.0 Å². The molecule has 2 amide bonds. The van der Waals surface area contributed by atoms with Crippen LogP contribution in [-0.2, 0) is 11.2 Å². The highest BCUT2D eigenvalue weighted by Gasteiger charge is 2.32. The number of aliphatic hydroxyl groups is 1. The molecule has 1 saturated heterocycles. The number of fused-ring (bicyclic) bond motifs is 1. The highest BCUT2D eigenvalue weighted by atomic mass is 19.1. The van der Waals surface area contributed by atoms with E-state index in [9.17, 15) is 19.1 Å². The fraction of sp³-hybridized carbons (Fsp3) is 0.393. The van der Waals surface area contributed by atoms with Gasteiger partial charge in [0, 0.05) is 32.2 Å². The van der Waals surface area contributed by atoms with E-state index < -0.39 is 17.7 Å². The van der Waals surface area contributed by atoms with E-state index in [4.69, 9.17) is 9.47 Å². The van der Waals surface area contributed by atoms with Gasteiger partial charge in [0.1, 0.15) is 30.0 Å². The molecular weight excluding hydrogens is 505 g/mol. The average molecular weight is 538 g/mol. The Morgan fingerprint density at radius 1 is 1.26 bits per heavy atom. The predicted molar refractivity (Wildman–Crippen MR) is 142 cm³/mol. The van der Waals surface area contributed by atoms with Gasteiger partial charge in [0.05, 0.1) is 24.1 Å². The van der Waals surface area contributed by atoms with Gasteiger partial charge in [0.15, 0.2) is 0 Å². The van der Waals surface area contributed by atoms with Gasteiger partial charge in [-0.25, -0.2) is 9.18 Å². The Bertz CT molecular complexity index is 1340. The van der Waals surface area contributed by atoms with Crippen LogP contribution in [0.3, 0.4) is 0 Å². The minimum atomic E-state index is -0.940. The van der Waals surface area contributed by atoms with Crippen LogP contribution in [0, 0.1) is 5.82 Å². The van der Waals surface area contributed by atoms with Gasteiger partial charge in [-0.15, -0.1) is 0 Å². The Morgan fingerprint density at radius 3 is 2.87 bits per heavy atom. The van der Waals surface area contributed by atoms with Crippen molar-refractivity contribution in [3.05, 3.63) is 71.8 Å². The highest BCUT2D eigenvalue weighted by Crippen LogP contribution is 2.34. The van der Waals surface area contributed by atoms with Gasteiger partial charge >= 0.3 is 6.03 Å². The number of piperidine rings is 1. The molecule has 1 aromatic heterocycles. The molecule has 0 radical (unpaired) electrons. The molecule has 0 spiro atoms. The van der Waals surface area contributed by atoms with Gasteiger partial charge in [0.25, 0.3) is 5.91 Å². The molecule has 10 nitrogen and oxygen atoms in total. The molecule has 0 unspecified atom stereocenters.